The maximum absolute atomic E-state index is 13.3. The molecule has 0 aliphatic heterocycles. The fourth-order valence-corrected chi connectivity index (χ4v) is 3.25. The maximum Gasteiger partial charge on any atom is 0.128 e. The molecule has 3 rings (SSSR count). The summed E-state index contributed by atoms with van der Waals surface area (Å²) < 4.78 is 26.6. The zero-order valence-electron chi connectivity index (χ0n) is 11.9. The average molecular weight is 287 g/mol. The predicted molar refractivity (Wildman–Crippen MR) is 81.4 cm³/mol. The minimum absolute atomic E-state index is 0.224. The zero-order chi connectivity index (χ0) is 14.7. The van der Waals surface area contributed by atoms with Crippen LogP contribution in [0.4, 0.5) is 14.5 Å². The molecule has 1 fully saturated rings. The van der Waals surface area contributed by atoms with E-state index in [0.717, 1.165) is 25.3 Å². The van der Waals surface area contributed by atoms with Crippen molar-refractivity contribution in [3.63, 3.8) is 0 Å². The smallest absolute Gasteiger partial charge is 0.128 e. The van der Waals surface area contributed by atoms with Crippen molar-refractivity contribution in [3.05, 3.63) is 65.7 Å². The summed E-state index contributed by atoms with van der Waals surface area (Å²) in [6, 6.07) is 14.2. The zero-order valence-corrected chi connectivity index (χ0v) is 11.9. The molecule has 2 atom stereocenters. The first-order valence-corrected chi connectivity index (χ1v) is 7.50. The van der Waals surface area contributed by atoms with E-state index in [-0.39, 0.29) is 6.04 Å². The molecule has 1 aliphatic carbocycles. The summed E-state index contributed by atoms with van der Waals surface area (Å²) in [5, 5.41) is 3.33. The quantitative estimate of drug-likeness (QED) is 0.827. The number of hydrogen-bond donors (Lipinski definition) is 1. The van der Waals surface area contributed by atoms with Crippen molar-refractivity contribution in [2.45, 2.75) is 37.6 Å². The molecular weight excluding hydrogens is 268 g/mol. The lowest BCUT2D eigenvalue weighted by molar-refractivity contribution is 0.405. The summed E-state index contributed by atoms with van der Waals surface area (Å²) in [6.45, 7) is 0. The van der Waals surface area contributed by atoms with E-state index >= 15 is 0 Å². The van der Waals surface area contributed by atoms with Gasteiger partial charge in [0.1, 0.15) is 11.6 Å². The third kappa shape index (κ3) is 3.41. The lowest BCUT2D eigenvalue weighted by Crippen LogP contribution is -2.30. The van der Waals surface area contributed by atoms with Gasteiger partial charge in [-0.3, -0.25) is 0 Å². The van der Waals surface area contributed by atoms with Gasteiger partial charge in [-0.25, -0.2) is 8.78 Å². The van der Waals surface area contributed by atoms with Gasteiger partial charge in [0.05, 0.1) is 0 Å². The first kappa shape index (κ1) is 14.1. The molecular formula is C18H19F2N. The van der Waals surface area contributed by atoms with Crippen molar-refractivity contribution in [2.75, 3.05) is 5.32 Å². The molecule has 110 valence electrons. The fraction of sp³-hybridized carbons (Fsp3) is 0.333. The molecule has 0 heterocycles. The van der Waals surface area contributed by atoms with Crippen molar-refractivity contribution in [1.82, 2.24) is 0 Å². The van der Waals surface area contributed by atoms with Gasteiger partial charge < -0.3 is 5.32 Å². The summed E-state index contributed by atoms with van der Waals surface area (Å²) in [6.07, 6.45) is 4.49. The molecule has 2 aromatic rings. The van der Waals surface area contributed by atoms with Crippen molar-refractivity contribution in [1.29, 1.82) is 0 Å². The second kappa shape index (κ2) is 6.25. The summed E-state index contributed by atoms with van der Waals surface area (Å²) in [5.74, 6) is -0.680. The van der Waals surface area contributed by atoms with Gasteiger partial charge in [0, 0.05) is 23.7 Å². The van der Waals surface area contributed by atoms with Crippen LogP contribution in [0.1, 0.15) is 37.2 Å². The van der Waals surface area contributed by atoms with Crippen LogP contribution in [0.3, 0.4) is 0 Å². The van der Waals surface area contributed by atoms with Crippen molar-refractivity contribution in [3.8, 4) is 0 Å². The van der Waals surface area contributed by atoms with E-state index in [9.17, 15) is 8.78 Å². The SMILES string of the molecule is Fc1cc(F)cc(NC2CCCCC2c2ccccc2)c1. The topological polar surface area (TPSA) is 12.0 Å². The molecule has 0 amide bonds. The number of benzene rings is 2. The minimum Gasteiger partial charge on any atom is -0.382 e. The largest absolute Gasteiger partial charge is 0.382 e. The molecule has 0 saturated heterocycles. The Kier molecular flexibility index (Phi) is 4.18. The molecule has 1 N–H and O–H groups in total. The molecule has 0 radical (unpaired) electrons. The van der Waals surface area contributed by atoms with E-state index in [2.05, 4.69) is 17.4 Å². The highest BCUT2D eigenvalue weighted by Gasteiger charge is 2.26. The standard InChI is InChI=1S/C18H19F2N/c19-14-10-15(20)12-16(11-14)21-18-9-5-4-8-17(18)13-6-2-1-3-7-13/h1-3,6-7,10-12,17-18,21H,4-5,8-9H2. The maximum atomic E-state index is 13.3. The molecule has 1 nitrogen and oxygen atoms in total. The second-order valence-electron chi connectivity index (χ2n) is 5.71. The van der Waals surface area contributed by atoms with Crippen LogP contribution in [0.15, 0.2) is 48.5 Å². The molecule has 0 spiro atoms. The van der Waals surface area contributed by atoms with Gasteiger partial charge in [0.25, 0.3) is 0 Å². The first-order chi connectivity index (χ1) is 10.2. The van der Waals surface area contributed by atoms with E-state index in [4.69, 9.17) is 0 Å². The minimum atomic E-state index is -0.537. The van der Waals surface area contributed by atoms with Gasteiger partial charge in [0.15, 0.2) is 0 Å². The van der Waals surface area contributed by atoms with Crippen LogP contribution in [0, 0.1) is 11.6 Å². The van der Waals surface area contributed by atoms with Crippen LogP contribution < -0.4 is 5.32 Å². The number of hydrogen-bond acceptors (Lipinski definition) is 1. The van der Waals surface area contributed by atoms with Gasteiger partial charge in [-0.1, -0.05) is 43.2 Å². The van der Waals surface area contributed by atoms with E-state index in [1.54, 1.807) is 0 Å². The molecule has 3 heteroatoms. The summed E-state index contributed by atoms with van der Waals surface area (Å²) in [7, 11) is 0. The Balaban J connectivity index is 1.81. The Labute approximate surface area is 124 Å². The Morgan fingerprint density at radius 1 is 0.857 bits per heavy atom. The first-order valence-electron chi connectivity index (χ1n) is 7.50. The summed E-state index contributed by atoms with van der Waals surface area (Å²) in [4.78, 5) is 0. The van der Waals surface area contributed by atoms with Crippen LogP contribution in [0.25, 0.3) is 0 Å². The monoisotopic (exact) mass is 287 g/mol. The third-order valence-corrected chi connectivity index (χ3v) is 4.21. The molecule has 21 heavy (non-hydrogen) atoms. The van der Waals surface area contributed by atoms with Crippen molar-refractivity contribution < 1.29 is 8.78 Å². The highest BCUT2D eigenvalue weighted by molar-refractivity contribution is 5.45. The fourth-order valence-electron chi connectivity index (χ4n) is 3.25. The molecule has 2 unspecified atom stereocenters. The van der Waals surface area contributed by atoms with Crippen LogP contribution in [-0.2, 0) is 0 Å². The van der Waals surface area contributed by atoms with E-state index in [1.807, 2.05) is 18.2 Å². The lowest BCUT2D eigenvalue weighted by atomic mass is 9.80. The predicted octanol–water partition coefficient (Wildman–Crippen LogP) is 5.10. The summed E-state index contributed by atoms with van der Waals surface area (Å²) >= 11 is 0. The van der Waals surface area contributed by atoms with Gasteiger partial charge in [-0.2, -0.15) is 0 Å². The summed E-state index contributed by atoms with van der Waals surface area (Å²) in [5.41, 5.74) is 1.83. The Morgan fingerprint density at radius 3 is 2.24 bits per heavy atom. The van der Waals surface area contributed by atoms with E-state index < -0.39 is 11.6 Å². The number of halogens is 2. The molecule has 2 aromatic carbocycles. The van der Waals surface area contributed by atoms with Crippen LogP contribution in [0.2, 0.25) is 0 Å². The van der Waals surface area contributed by atoms with Crippen LogP contribution in [-0.4, -0.2) is 6.04 Å². The van der Waals surface area contributed by atoms with Crippen molar-refractivity contribution in [2.24, 2.45) is 0 Å². The lowest BCUT2D eigenvalue weighted by Gasteiger charge is -2.33. The third-order valence-electron chi connectivity index (χ3n) is 4.21. The van der Waals surface area contributed by atoms with Gasteiger partial charge in [-0.15, -0.1) is 0 Å². The number of anilines is 1. The molecule has 1 aliphatic rings. The number of rotatable bonds is 3. The Morgan fingerprint density at radius 2 is 1.52 bits per heavy atom. The van der Waals surface area contributed by atoms with Gasteiger partial charge in [-0.05, 0) is 30.5 Å². The van der Waals surface area contributed by atoms with Gasteiger partial charge >= 0.3 is 0 Å². The molecule has 0 bridgehead atoms. The Bertz CT molecular complexity index is 577. The normalized spacial score (nSPS) is 22.0. The van der Waals surface area contributed by atoms with Crippen LogP contribution >= 0.6 is 0 Å². The molecule has 0 aromatic heterocycles. The van der Waals surface area contributed by atoms with Crippen molar-refractivity contribution >= 4 is 5.69 Å². The van der Waals surface area contributed by atoms with E-state index in [0.29, 0.717) is 11.6 Å². The Hall–Kier alpha value is -1.90. The highest BCUT2D eigenvalue weighted by atomic mass is 19.1. The van der Waals surface area contributed by atoms with Gasteiger partial charge in [0.2, 0.25) is 0 Å². The number of nitrogens with one attached hydrogen (secondary N) is 1. The molecule has 1 saturated carbocycles. The second-order valence-corrected chi connectivity index (χ2v) is 5.71. The van der Waals surface area contributed by atoms with Crippen LogP contribution in [0.5, 0.6) is 0 Å². The average Bonchev–Trinajstić information content (AvgIpc) is 2.48. The highest BCUT2D eigenvalue weighted by Crippen LogP contribution is 2.35. The van der Waals surface area contributed by atoms with E-state index in [1.165, 1.54) is 24.1 Å².